The minimum atomic E-state index is -0.577. The SMILES string of the molecule is COC(=O)COc1ccc(/C=C2\C(=O)N(c3ccc(C(C)C)cc3)C(C)=C2C(=O)OC)cc1. The monoisotopic (exact) mass is 449 g/mol. The summed E-state index contributed by atoms with van der Waals surface area (Å²) in [6.45, 7) is 5.73. The van der Waals surface area contributed by atoms with E-state index in [4.69, 9.17) is 9.47 Å². The van der Waals surface area contributed by atoms with E-state index in [0.717, 1.165) is 5.56 Å². The Morgan fingerprint density at radius 2 is 1.61 bits per heavy atom. The molecule has 0 atom stereocenters. The molecule has 172 valence electrons. The zero-order valence-corrected chi connectivity index (χ0v) is 19.4. The molecule has 2 aromatic rings. The molecule has 0 spiro atoms. The predicted octanol–water partition coefficient (Wildman–Crippen LogP) is 4.24. The average Bonchev–Trinajstić information content (AvgIpc) is 3.06. The molecule has 3 rings (SSSR count). The Morgan fingerprint density at radius 3 is 2.15 bits per heavy atom. The van der Waals surface area contributed by atoms with Crippen molar-refractivity contribution in [3.05, 3.63) is 76.5 Å². The number of methoxy groups -OCH3 is 2. The van der Waals surface area contributed by atoms with Gasteiger partial charge in [0.1, 0.15) is 5.75 Å². The summed E-state index contributed by atoms with van der Waals surface area (Å²) in [5.74, 6) is -0.525. The summed E-state index contributed by atoms with van der Waals surface area (Å²) in [5.41, 5.74) is 3.50. The van der Waals surface area contributed by atoms with Crippen molar-refractivity contribution >= 4 is 29.6 Å². The van der Waals surface area contributed by atoms with E-state index in [0.29, 0.717) is 28.6 Å². The van der Waals surface area contributed by atoms with Gasteiger partial charge in [-0.3, -0.25) is 9.69 Å². The molecule has 0 bridgehead atoms. The highest BCUT2D eigenvalue weighted by Gasteiger charge is 2.37. The fourth-order valence-electron chi connectivity index (χ4n) is 3.53. The Hall–Kier alpha value is -3.87. The quantitative estimate of drug-likeness (QED) is 0.465. The summed E-state index contributed by atoms with van der Waals surface area (Å²) in [4.78, 5) is 38.7. The number of benzene rings is 2. The smallest absolute Gasteiger partial charge is 0.343 e. The van der Waals surface area contributed by atoms with Crippen LogP contribution in [0.15, 0.2) is 65.4 Å². The topological polar surface area (TPSA) is 82.1 Å². The van der Waals surface area contributed by atoms with Crippen LogP contribution in [0.5, 0.6) is 5.75 Å². The molecule has 0 unspecified atom stereocenters. The molecule has 7 heteroatoms. The lowest BCUT2D eigenvalue weighted by molar-refractivity contribution is -0.143. The van der Waals surface area contributed by atoms with E-state index in [1.165, 1.54) is 19.1 Å². The van der Waals surface area contributed by atoms with Crippen LogP contribution in [0.2, 0.25) is 0 Å². The molecule has 33 heavy (non-hydrogen) atoms. The lowest BCUT2D eigenvalue weighted by Crippen LogP contribution is -2.24. The van der Waals surface area contributed by atoms with Gasteiger partial charge in [0, 0.05) is 11.4 Å². The maximum absolute atomic E-state index is 13.4. The highest BCUT2D eigenvalue weighted by molar-refractivity contribution is 6.23. The summed E-state index contributed by atoms with van der Waals surface area (Å²) in [6, 6.07) is 14.5. The van der Waals surface area contributed by atoms with E-state index < -0.39 is 11.9 Å². The van der Waals surface area contributed by atoms with Gasteiger partial charge in [-0.2, -0.15) is 0 Å². The number of amides is 1. The number of allylic oxidation sites excluding steroid dienone is 1. The third-order valence-corrected chi connectivity index (χ3v) is 5.38. The Balaban J connectivity index is 1.93. The van der Waals surface area contributed by atoms with Gasteiger partial charge in [-0.05, 0) is 54.3 Å². The van der Waals surface area contributed by atoms with E-state index in [1.54, 1.807) is 37.3 Å². The van der Waals surface area contributed by atoms with E-state index >= 15 is 0 Å². The van der Waals surface area contributed by atoms with Crippen molar-refractivity contribution < 1.29 is 28.6 Å². The number of carbonyl (C=O) groups is 3. The minimum Gasteiger partial charge on any atom is -0.482 e. The maximum Gasteiger partial charge on any atom is 0.343 e. The molecule has 0 radical (unpaired) electrons. The first-order chi connectivity index (χ1) is 15.8. The van der Waals surface area contributed by atoms with Gasteiger partial charge in [0.05, 0.1) is 25.4 Å². The lowest BCUT2D eigenvalue weighted by atomic mass is 10.0. The van der Waals surface area contributed by atoms with Crippen molar-refractivity contribution in [2.75, 3.05) is 25.7 Å². The Morgan fingerprint density at radius 1 is 0.970 bits per heavy atom. The fourth-order valence-corrected chi connectivity index (χ4v) is 3.53. The highest BCUT2D eigenvalue weighted by Crippen LogP contribution is 2.36. The third kappa shape index (κ3) is 5.14. The second kappa shape index (κ2) is 10.2. The Labute approximate surface area is 193 Å². The molecule has 1 aliphatic rings. The van der Waals surface area contributed by atoms with E-state index in [2.05, 4.69) is 18.6 Å². The first-order valence-electron chi connectivity index (χ1n) is 10.5. The fraction of sp³-hybridized carbons (Fsp3) is 0.269. The number of ether oxygens (including phenoxy) is 3. The first-order valence-corrected chi connectivity index (χ1v) is 10.5. The standard InChI is InChI=1S/C26H27NO6/c1-16(2)19-8-10-20(11-9-19)27-17(3)24(26(30)32-5)22(25(27)29)14-18-6-12-21(13-7-18)33-15-23(28)31-4/h6-14,16H,15H2,1-5H3/b22-14-. The second-order valence-corrected chi connectivity index (χ2v) is 7.83. The van der Waals surface area contributed by atoms with Crippen molar-refractivity contribution in [1.29, 1.82) is 0 Å². The number of nitrogens with zero attached hydrogens (tertiary/aromatic N) is 1. The zero-order chi connectivity index (χ0) is 24.1. The highest BCUT2D eigenvalue weighted by atomic mass is 16.6. The maximum atomic E-state index is 13.4. The second-order valence-electron chi connectivity index (χ2n) is 7.83. The number of esters is 2. The number of anilines is 1. The van der Waals surface area contributed by atoms with Crippen molar-refractivity contribution in [3.63, 3.8) is 0 Å². The molecule has 0 saturated heterocycles. The van der Waals surface area contributed by atoms with Crippen LogP contribution >= 0.6 is 0 Å². The normalized spacial score (nSPS) is 14.8. The zero-order valence-electron chi connectivity index (χ0n) is 19.4. The lowest BCUT2D eigenvalue weighted by Gasteiger charge is -2.19. The number of hydrogen-bond acceptors (Lipinski definition) is 6. The Bertz CT molecular complexity index is 1110. The molecule has 0 fully saturated rings. The van der Waals surface area contributed by atoms with Crippen LogP contribution in [0, 0.1) is 0 Å². The van der Waals surface area contributed by atoms with Gasteiger partial charge in [-0.15, -0.1) is 0 Å². The van der Waals surface area contributed by atoms with Crippen molar-refractivity contribution in [1.82, 2.24) is 0 Å². The van der Waals surface area contributed by atoms with E-state index in [-0.39, 0.29) is 23.7 Å². The number of carbonyl (C=O) groups excluding carboxylic acids is 3. The van der Waals surface area contributed by atoms with Crippen LogP contribution in [0.25, 0.3) is 6.08 Å². The summed E-state index contributed by atoms with van der Waals surface area (Å²) in [6.07, 6.45) is 1.64. The number of hydrogen-bond donors (Lipinski definition) is 0. The van der Waals surface area contributed by atoms with Gasteiger partial charge in [0.15, 0.2) is 6.61 Å². The predicted molar refractivity (Wildman–Crippen MR) is 125 cm³/mol. The van der Waals surface area contributed by atoms with Crippen molar-refractivity contribution in [2.45, 2.75) is 26.7 Å². The van der Waals surface area contributed by atoms with Crippen LogP contribution < -0.4 is 9.64 Å². The van der Waals surface area contributed by atoms with Gasteiger partial charge in [0.25, 0.3) is 5.91 Å². The van der Waals surface area contributed by atoms with E-state index in [9.17, 15) is 14.4 Å². The molecule has 1 aliphatic heterocycles. The van der Waals surface area contributed by atoms with Crippen LogP contribution in [0.3, 0.4) is 0 Å². The van der Waals surface area contributed by atoms with Crippen molar-refractivity contribution in [2.24, 2.45) is 0 Å². The molecule has 7 nitrogen and oxygen atoms in total. The summed E-state index contributed by atoms with van der Waals surface area (Å²) in [7, 11) is 2.58. The molecule has 0 saturated carbocycles. The molecule has 0 N–H and O–H groups in total. The van der Waals surface area contributed by atoms with Crippen LogP contribution in [0.4, 0.5) is 5.69 Å². The average molecular weight is 450 g/mol. The van der Waals surface area contributed by atoms with Gasteiger partial charge in [-0.1, -0.05) is 38.1 Å². The van der Waals surface area contributed by atoms with Gasteiger partial charge < -0.3 is 14.2 Å². The number of rotatable bonds is 7. The molecular formula is C26H27NO6. The molecule has 0 aliphatic carbocycles. The van der Waals surface area contributed by atoms with Crippen LogP contribution in [0.1, 0.15) is 37.8 Å². The van der Waals surface area contributed by atoms with Gasteiger partial charge >= 0.3 is 11.9 Å². The molecule has 1 heterocycles. The van der Waals surface area contributed by atoms with Gasteiger partial charge in [-0.25, -0.2) is 9.59 Å². The summed E-state index contributed by atoms with van der Waals surface area (Å²) >= 11 is 0. The molecule has 0 aromatic heterocycles. The molecular weight excluding hydrogens is 422 g/mol. The van der Waals surface area contributed by atoms with Crippen LogP contribution in [-0.4, -0.2) is 38.7 Å². The largest absolute Gasteiger partial charge is 0.482 e. The first kappa shape index (κ1) is 23.8. The molecule has 1 amide bonds. The summed E-state index contributed by atoms with van der Waals surface area (Å²) < 4.78 is 14.9. The summed E-state index contributed by atoms with van der Waals surface area (Å²) in [5, 5.41) is 0. The third-order valence-electron chi connectivity index (χ3n) is 5.38. The molecule has 2 aromatic carbocycles. The van der Waals surface area contributed by atoms with E-state index in [1.807, 2.05) is 24.3 Å². The Kier molecular flexibility index (Phi) is 7.33. The van der Waals surface area contributed by atoms with Crippen molar-refractivity contribution in [3.8, 4) is 5.75 Å². The van der Waals surface area contributed by atoms with Gasteiger partial charge in [0.2, 0.25) is 0 Å². The van der Waals surface area contributed by atoms with Crippen LogP contribution in [-0.2, 0) is 23.9 Å². The minimum absolute atomic E-state index is 0.200.